The normalized spacial score (nSPS) is 12.9. The Bertz CT molecular complexity index is 1000. The molecule has 0 aromatic heterocycles. The molecule has 0 aliphatic heterocycles. The number of carboxylic acids is 1. The second kappa shape index (κ2) is 11.3. The van der Waals surface area contributed by atoms with E-state index in [1.807, 2.05) is 91.0 Å². The quantitative estimate of drug-likeness (QED) is 0.351. The first-order valence-electron chi connectivity index (χ1n) is 11.3. The molecule has 3 rings (SSSR count). The van der Waals surface area contributed by atoms with Gasteiger partial charge in [-0.25, -0.2) is 4.79 Å². The molecule has 6 heteroatoms. The lowest BCUT2D eigenvalue weighted by Crippen LogP contribution is -2.52. The van der Waals surface area contributed by atoms with Crippen molar-refractivity contribution in [1.82, 2.24) is 5.32 Å². The number of amides is 1. The zero-order valence-electron chi connectivity index (χ0n) is 19.3. The predicted molar refractivity (Wildman–Crippen MR) is 129 cm³/mol. The van der Waals surface area contributed by atoms with Crippen LogP contribution >= 0.6 is 0 Å². The van der Waals surface area contributed by atoms with Crippen molar-refractivity contribution in [3.05, 3.63) is 108 Å². The summed E-state index contributed by atoms with van der Waals surface area (Å²) in [7, 11) is 0. The summed E-state index contributed by atoms with van der Waals surface area (Å²) < 4.78 is 5.02. The molecular weight excluding hydrogens is 430 g/mol. The SMILES string of the molecule is CCOC(=O)[C@H](C)C[C@@H](NC(=O)C(c1ccccc1)(c1ccccc1)c1ccccc1)C(=O)O. The van der Waals surface area contributed by atoms with Gasteiger partial charge in [0.05, 0.1) is 12.5 Å². The largest absolute Gasteiger partial charge is 0.480 e. The first-order chi connectivity index (χ1) is 16.4. The van der Waals surface area contributed by atoms with Crippen LogP contribution in [0.2, 0.25) is 0 Å². The van der Waals surface area contributed by atoms with Gasteiger partial charge in [0, 0.05) is 0 Å². The van der Waals surface area contributed by atoms with Crippen LogP contribution in [0.25, 0.3) is 0 Å². The Labute approximate surface area is 199 Å². The molecule has 0 aliphatic carbocycles. The number of nitrogens with one attached hydrogen (secondary N) is 1. The van der Waals surface area contributed by atoms with Crippen molar-refractivity contribution in [3.63, 3.8) is 0 Å². The summed E-state index contributed by atoms with van der Waals surface area (Å²) in [5, 5.41) is 12.6. The molecule has 0 bridgehead atoms. The number of benzene rings is 3. The van der Waals surface area contributed by atoms with Crippen LogP contribution in [0.15, 0.2) is 91.0 Å². The van der Waals surface area contributed by atoms with E-state index in [-0.39, 0.29) is 13.0 Å². The smallest absolute Gasteiger partial charge is 0.326 e. The molecule has 3 aromatic carbocycles. The van der Waals surface area contributed by atoms with Gasteiger partial charge in [0.15, 0.2) is 0 Å². The topological polar surface area (TPSA) is 92.7 Å². The molecule has 0 heterocycles. The van der Waals surface area contributed by atoms with Gasteiger partial charge in [-0.05, 0) is 30.0 Å². The average molecular weight is 460 g/mol. The van der Waals surface area contributed by atoms with Gasteiger partial charge in [0.2, 0.25) is 5.91 Å². The van der Waals surface area contributed by atoms with Crippen LogP contribution in [0.1, 0.15) is 37.0 Å². The molecular formula is C28H29NO5. The van der Waals surface area contributed by atoms with Crippen molar-refractivity contribution in [1.29, 1.82) is 0 Å². The Hall–Kier alpha value is -3.93. The second-order valence-electron chi connectivity index (χ2n) is 8.10. The monoisotopic (exact) mass is 459 g/mol. The summed E-state index contributed by atoms with van der Waals surface area (Å²) in [5.41, 5.74) is 0.803. The first kappa shape index (κ1) is 24.7. The van der Waals surface area contributed by atoms with E-state index < -0.39 is 35.2 Å². The average Bonchev–Trinajstić information content (AvgIpc) is 2.86. The molecule has 6 nitrogen and oxygen atoms in total. The Morgan fingerprint density at radius 1 is 0.824 bits per heavy atom. The number of hydrogen-bond donors (Lipinski definition) is 2. The lowest BCUT2D eigenvalue weighted by molar-refractivity contribution is -0.149. The number of carbonyl (C=O) groups excluding carboxylic acids is 2. The molecule has 0 unspecified atom stereocenters. The van der Waals surface area contributed by atoms with E-state index in [1.54, 1.807) is 13.8 Å². The van der Waals surface area contributed by atoms with Crippen LogP contribution < -0.4 is 5.32 Å². The molecule has 0 saturated carbocycles. The van der Waals surface area contributed by atoms with Crippen molar-refractivity contribution in [2.24, 2.45) is 5.92 Å². The van der Waals surface area contributed by atoms with Gasteiger partial charge in [0.25, 0.3) is 0 Å². The van der Waals surface area contributed by atoms with Crippen LogP contribution in [-0.4, -0.2) is 35.6 Å². The van der Waals surface area contributed by atoms with Gasteiger partial charge < -0.3 is 15.2 Å². The molecule has 2 N–H and O–H groups in total. The molecule has 0 spiro atoms. The van der Waals surface area contributed by atoms with Crippen LogP contribution in [-0.2, 0) is 24.5 Å². The molecule has 176 valence electrons. The fraction of sp³-hybridized carbons (Fsp3) is 0.250. The highest BCUT2D eigenvalue weighted by molar-refractivity contribution is 5.98. The summed E-state index contributed by atoms with van der Waals surface area (Å²) in [4.78, 5) is 38.4. The van der Waals surface area contributed by atoms with E-state index in [9.17, 15) is 19.5 Å². The third kappa shape index (κ3) is 5.17. The Kier molecular flexibility index (Phi) is 8.19. The number of rotatable bonds is 10. The van der Waals surface area contributed by atoms with Gasteiger partial charge in [-0.3, -0.25) is 9.59 Å². The maximum Gasteiger partial charge on any atom is 0.326 e. The number of esters is 1. The van der Waals surface area contributed by atoms with Crippen molar-refractivity contribution in [2.75, 3.05) is 6.61 Å². The van der Waals surface area contributed by atoms with E-state index in [4.69, 9.17) is 4.74 Å². The van der Waals surface area contributed by atoms with Gasteiger partial charge in [-0.15, -0.1) is 0 Å². The van der Waals surface area contributed by atoms with E-state index in [0.717, 1.165) is 0 Å². The summed E-state index contributed by atoms with van der Waals surface area (Å²) in [6, 6.07) is 26.6. The van der Waals surface area contributed by atoms with Crippen molar-refractivity contribution >= 4 is 17.8 Å². The molecule has 0 aliphatic rings. The fourth-order valence-electron chi connectivity index (χ4n) is 4.18. The molecule has 0 saturated heterocycles. The van der Waals surface area contributed by atoms with Crippen LogP contribution in [0.4, 0.5) is 0 Å². The van der Waals surface area contributed by atoms with Crippen molar-refractivity contribution < 1.29 is 24.2 Å². The first-order valence-corrected chi connectivity index (χ1v) is 11.3. The minimum Gasteiger partial charge on any atom is -0.480 e. The van der Waals surface area contributed by atoms with Crippen LogP contribution in [0.5, 0.6) is 0 Å². The predicted octanol–water partition coefficient (Wildman–Crippen LogP) is 4.18. The molecule has 0 fully saturated rings. The third-order valence-corrected chi connectivity index (χ3v) is 5.84. The molecule has 2 atom stereocenters. The number of ether oxygens (including phenoxy) is 1. The van der Waals surface area contributed by atoms with Crippen LogP contribution in [0.3, 0.4) is 0 Å². The number of carbonyl (C=O) groups is 3. The van der Waals surface area contributed by atoms with E-state index in [0.29, 0.717) is 16.7 Å². The third-order valence-electron chi connectivity index (χ3n) is 5.84. The van der Waals surface area contributed by atoms with Crippen molar-refractivity contribution in [3.8, 4) is 0 Å². The summed E-state index contributed by atoms with van der Waals surface area (Å²) in [6.07, 6.45) is -0.0889. The number of hydrogen-bond acceptors (Lipinski definition) is 4. The summed E-state index contributed by atoms with van der Waals surface area (Å²) >= 11 is 0. The number of aliphatic carboxylic acids is 1. The van der Waals surface area contributed by atoms with Gasteiger partial charge in [-0.2, -0.15) is 0 Å². The van der Waals surface area contributed by atoms with E-state index in [1.165, 1.54) is 0 Å². The Balaban J connectivity index is 2.12. The van der Waals surface area contributed by atoms with Gasteiger partial charge >= 0.3 is 11.9 Å². The minimum atomic E-state index is -1.30. The zero-order chi connectivity index (χ0) is 24.6. The van der Waals surface area contributed by atoms with Crippen molar-refractivity contribution in [2.45, 2.75) is 31.7 Å². The Morgan fingerprint density at radius 3 is 1.59 bits per heavy atom. The van der Waals surface area contributed by atoms with E-state index in [2.05, 4.69) is 5.32 Å². The molecule has 3 aromatic rings. The summed E-state index contributed by atoms with van der Waals surface area (Å²) in [6.45, 7) is 3.49. The standard InChI is InChI=1S/C28H29NO5/c1-3-34-26(32)20(2)19-24(25(30)31)29-27(33)28(21-13-7-4-8-14-21,22-15-9-5-10-16-22)23-17-11-6-12-18-23/h4-18,20,24H,3,19H2,1-2H3,(H,29,33)(H,30,31)/t20-,24-/m1/s1. The Morgan fingerprint density at radius 2 is 1.24 bits per heavy atom. The minimum absolute atomic E-state index is 0.0889. The highest BCUT2D eigenvalue weighted by Gasteiger charge is 2.45. The number of carboxylic acid groups (broad SMARTS) is 1. The highest BCUT2D eigenvalue weighted by Crippen LogP contribution is 2.39. The lowest BCUT2D eigenvalue weighted by Gasteiger charge is -2.35. The highest BCUT2D eigenvalue weighted by atomic mass is 16.5. The molecule has 0 radical (unpaired) electrons. The maximum atomic E-state index is 14.2. The molecule has 34 heavy (non-hydrogen) atoms. The molecule has 1 amide bonds. The van der Waals surface area contributed by atoms with Gasteiger partial charge in [0.1, 0.15) is 11.5 Å². The second-order valence-corrected chi connectivity index (χ2v) is 8.10. The lowest BCUT2D eigenvalue weighted by atomic mass is 9.68. The fourth-order valence-corrected chi connectivity index (χ4v) is 4.18. The van der Waals surface area contributed by atoms with E-state index >= 15 is 0 Å². The zero-order valence-corrected chi connectivity index (χ0v) is 19.3. The summed E-state index contributed by atoms with van der Waals surface area (Å²) in [5.74, 6) is -2.89. The van der Waals surface area contributed by atoms with Crippen LogP contribution in [0, 0.1) is 5.92 Å². The van der Waals surface area contributed by atoms with Gasteiger partial charge in [-0.1, -0.05) is 97.9 Å². The maximum absolute atomic E-state index is 14.2.